The van der Waals surface area contributed by atoms with E-state index < -0.39 is 0 Å². The third-order valence-corrected chi connectivity index (χ3v) is 4.54. The number of amides is 2. The second kappa shape index (κ2) is 8.30. The van der Waals surface area contributed by atoms with Crippen LogP contribution in [-0.2, 0) is 0 Å². The summed E-state index contributed by atoms with van der Waals surface area (Å²) in [6.45, 7) is 4.30. The third-order valence-electron chi connectivity index (χ3n) is 4.30. The number of aromatic nitrogens is 2. The van der Waals surface area contributed by atoms with Crippen molar-refractivity contribution in [3.63, 3.8) is 0 Å². The van der Waals surface area contributed by atoms with Crippen LogP contribution in [0.3, 0.4) is 0 Å². The van der Waals surface area contributed by atoms with E-state index in [0.29, 0.717) is 54.3 Å². The SMILES string of the molecule is COc1cc(N2CCN(C(=O)Nc3cc(Cl)ccc3OC)CC2)nc(C)n1. The van der Waals surface area contributed by atoms with Gasteiger partial charge in [-0.25, -0.2) is 9.78 Å². The number of halogens is 1. The highest BCUT2D eigenvalue weighted by atomic mass is 35.5. The van der Waals surface area contributed by atoms with Gasteiger partial charge in [0, 0.05) is 37.3 Å². The topological polar surface area (TPSA) is 79.8 Å². The molecule has 27 heavy (non-hydrogen) atoms. The number of nitrogens with zero attached hydrogens (tertiary/aromatic N) is 4. The molecular formula is C18H22ClN5O3. The van der Waals surface area contributed by atoms with Crippen LogP contribution in [0.5, 0.6) is 11.6 Å². The van der Waals surface area contributed by atoms with Crippen LogP contribution in [0.25, 0.3) is 0 Å². The van der Waals surface area contributed by atoms with E-state index in [-0.39, 0.29) is 6.03 Å². The largest absolute Gasteiger partial charge is 0.495 e. The summed E-state index contributed by atoms with van der Waals surface area (Å²) < 4.78 is 10.5. The lowest BCUT2D eigenvalue weighted by Gasteiger charge is -2.35. The van der Waals surface area contributed by atoms with E-state index in [2.05, 4.69) is 20.2 Å². The van der Waals surface area contributed by atoms with Gasteiger partial charge in [0.15, 0.2) is 0 Å². The van der Waals surface area contributed by atoms with Crippen molar-refractivity contribution in [3.05, 3.63) is 35.1 Å². The maximum absolute atomic E-state index is 12.6. The van der Waals surface area contributed by atoms with Crippen molar-refractivity contribution < 1.29 is 14.3 Å². The van der Waals surface area contributed by atoms with E-state index in [1.165, 1.54) is 0 Å². The van der Waals surface area contributed by atoms with Crippen molar-refractivity contribution >= 4 is 29.1 Å². The lowest BCUT2D eigenvalue weighted by Crippen LogP contribution is -2.50. The van der Waals surface area contributed by atoms with Crippen LogP contribution < -0.4 is 19.7 Å². The van der Waals surface area contributed by atoms with E-state index in [1.807, 2.05) is 6.92 Å². The summed E-state index contributed by atoms with van der Waals surface area (Å²) in [5, 5.41) is 3.40. The number of anilines is 2. The molecule has 1 fully saturated rings. The Kier molecular flexibility index (Phi) is 5.85. The van der Waals surface area contributed by atoms with Gasteiger partial charge in [0.2, 0.25) is 5.88 Å². The lowest BCUT2D eigenvalue weighted by atomic mass is 10.3. The number of benzene rings is 1. The van der Waals surface area contributed by atoms with Crippen LogP contribution in [0.15, 0.2) is 24.3 Å². The van der Waals surface area contributed by atoms with Crippen molar-refractivity contribution in [3.8, 4) is 11.6 Å². The van der Waals surface area contributed by atoms with Crippen molar-refractivity contribution in [2.45, 2.75) is 6.92 Å². The second-order valence-electron chi connectivity index (χ2n) is 6.06. The number of nitrogens with one attached hydrogen (secondary N) is 1. The van der Waals surface area contributed by atoms with E-state index in [1.54, 1.807) is 43.4 Å². The van der Waals surface area contributed by atoms with Crippen LogP contribution in [0, 0.1) is 6.92 Å². The average molecular weight is 392 g/mol. The Morgan fingerprint density at radius 1 is 1.11 bits per heavy atom. The molecule has 1 aromatic heterocycles. The summed E-state index contributed by atoms with van der Waals surface area (Å²) in [4.78, 5) is 25.1. The third kappa shape index (κ3) is 4.51. The minimum Gasteiger partial charge on any atom is -0.495 e. The molecule has 2 aromatic rings. The molecule has 2 heterocycles. The van der Waals surface area contributed by atoms with E-state index in [9.17, 15) is 4.79 Å². The summed E-state index contributed by atoms with van der Waals surface area (Å²) >= 11 is 6.02. The lowest BCUT2D eigenvalue weighted by molar-refractivity contribution is 0.208. The first-order chi connectivity index (χ1) is 13.0. The van der Waals surface area contributed by atoms with Gasteiger partial charge in [0.1, 0.15) is 17.4 Å². The number of carbonyl (C=O) groups is 1. The zero-order valence-electron chi connectivity index (χ0n) is 15.5. The van der Waals surface area contributed by atoms with Crippen LogP contribution in [-0.4, -0.2) is 61.3 Å². The molecule has 3 rings (SSSR count). The summed E-state index contributed by atoms with van der Waals surface area (Å²) in [5.74, 6) is 2.55. The smallest absolute Gasteiger partial charge is 0.322 e. The summed E-state index contributed by atoms with van der Waals surface area (Å²) in [7, 11) is 3.13. The van der Waals surface area contributed by atoms with Gasteiger partial charge in [-0.3, -0.25) is 0 Å². The Morgan fingerprint density at radius 2 is 1.85 bits per heavy atom. The number of hydrogen-bond acceptors (Lipinski definition) is 6. The fourth-order valence-electron chi connectivity index (χ4n) is 2.90. The number of aryl methyl sites for hydroxylation is 1. The second-order valence-corrected chi connectivity index (χ2v) is 6.50. The molecule has 0 radical (unpaired) electrons. The predicted molar refractivity (Wildman–Crippen MR) is 104 cm³/mol. The molecule has 0 spiro atoms. The summed E-state index contributed by atoms with van der Waals surface area (Å²) in [6, 6.07) is 6.73. The number of urea groups is 1. The van der Waals surface area contributed by atoms with E-state index in [0.717, 1.165) is 5.82 Å². The highest BCUT2D eigenvalue weighted by Gasteiger charge is 2.23. The van der Waals surface area contributed by atoms with Crippen molar-refractivity contribution in [2.75, 3.05) is 50.6 Å². The number of hydrogen-bond donors (Lipinski definition) is 1. The number of carbonyl (C=O) groups excluding carboxylic acids is 1. The van der Waals surface area contributed by atoms with Crippen molar-refractivity contribution in [2.24, 2.45) is 0 Å². The Bertz CT molecular complexity index is 825. The monoisotopic (exact) mass is 391 g/mol. The molecule has 0 atom stereocenters. The maximum Gasteiger partial charge on any atom is 0.322 e. The number of ether oxygens (including phenoxy) is 2. The zero-order valence-corrected chi connectivity index (χ0v) is 16.3. The van der Waals surface area contributed by atoms with Gasteiger partial charge >= 0.3 is 6.03 Å². The maximum atomic E-state index is 12.6. The van der Waals surface area contributed by atoms with Gasteiger partial charge in [-0.15, -0.1) is 0 Å². The van der Waals surface area contributed by atoms with Crippen LogP contribution >= 0.6 is 11.6 Å². The number of piperazine rings is 1. The molecule has 1 N–H and O–H groups in total. The highest BCUT2D eigenvalue weighted by molar-refractivity contribution is 6.31. The molecule has 1 aliphatic heterocycles. The predicted octanol–water partition coefficient (Wildman–Crippen LogP) is 2.81. The van der Waals surface area contributed by atoms with Crippen molar-refractivity contribution in [1.29, 1.82) is 0 Å². The van der Waals surface area contributed by atoms with Gasteiger partial charge < -0.3 is 24.6 Å². The first-order valence-corrected chi connectivity index (χ1v) is 8.92. The molecule has 0 aliphatic carbocycles. The highest BCUT2D eigenvalue weighted by Crippen LogP contribution is 2.28. The van der Waals surface area contributed by atoms with Gasteiger partial charge in [0.05, 0.1) is 19.9 Å². The van der Waals surface area contributed by atoms with Gasteiger partial charge in [-0.05, 0) is 25.1 Å². The summed E-state index contributed by atoms with van der Waals surface area (Å²) in [5.41, 5.74) is 0.550. The Morgan fingerprint density at radius 3 is 2.52 bits per heavy atom. The summed E-state index contributed by atoms with van der Waals surface area (Å²) in [6.07, 6.45) is 0. The Labute approximate surface area is 163 Å². The molecule has 2 amide bonds. The molecule has 144 valence electrons. The first-order valence-electron chi connectivity index (χ1n) is 8.54. The fraction of sp³-hybridized carbons (Fsp3) is 0.389. The van der Waals surface area contributed by atoms with Gasteiger partial charge in [-0.1, -0.05) is 11.6 Å². The Balaban J connectivity index is 1.63. The molecule has 0 bridgehead atoms. The fourth-order valence-corrected chi connectivity index (χ4v) is 3.07. The zero-order chi connectivity index (χ0) is 19.4. The van der Waals surface area contributed by atoms with Crippen LogP contribution in [0.1, 0.15) is 5.82 Å². The number of rotatable bonds is 4. The normalized spacial score (nSPS) is 14.1. The van der Waals surface area contributed by atoms with E-state index >= 15 is 0 Å². The minimum atomic E-state index is -0.188. The average Bonchev–Trinajstić information content (AvgIpc) is 2.67. The minimum absolute atomic E-state index is 0.188. The molecule has 9 heteroatoms. The molecule has 1 aliphatic rings. The van der Waals surface area contributed by atoms with Crippen LogP contribution in [0.4, 0.5) is 16.3 Å². The van der Waals surface area contributed by atoms with Crippen LogP contribution in [0.2, 0.25) is 5.02 Å². The van der Waals surface area contributed by atoms with Crippen molar-refractivity contribution in [1.82, 2.24) is 14.9 Å². The molecule has 8 nitrogen and oxygen atoms in total. The number of methoxy groups -OCH3 is 2. The van der Waals surface area contributed by atoms with Gasteiger partial charge in [-0.2, -0.15) is 4.98 Å². The molecule has 0 unspecified atom stereocenters. The molecule has 1 saturated heterocycles. The molecule has 0 saturated carbocycles. The molecule has 1 aromatic carbocycles. The Hall–Kier alpha value is -2.74. The first kappa shape index (κ1) is 19.0. The van der Waals surface area contributed by atoms with E-state index in [4.69, 9.17) is 21.1 Å². The molecular weight excluding hydrogens is 370 g/mol. The quantitative estimate of drug-likeness (QED) is 0.863. The van der Waals surface area contributed by atoms with Gasteiger partial charge in [0.25, 0.3) is 0 Å². The standard InChI is InChI=1S/C18H22ClN5O3/c1-12-20-16(11-17(21-12)27-3)23-6-8-24(9-7-23)18(25)22-14-10-13(19)4-5-15(14)26-2/h4-5,10-11H,6-9H2,1-3H3,(H,22,25).